The van der Waals surface area contributed by atoms with E-state index in [9.17, 15) is 13.2 Å². The van der Waals surface area contributed by atoms with E-state index in [1.165, 1.54) is 6.92 Å². The molecule has 0 aliphatic carbocycles. The van der Waals surface area contributed by atoms with E-state index in [1.54, 1.807) is 28.6 Å². The summed E-state index contributed by atoms with van der Waals surface area (Å²) >= 11 is 0. The predicted octanol–water partition coefficient (Wildman–Crippen LogP) is 3.48. The standard InChI is InChI=1S/C19H22N2O3S/c1-14-5-7-16(8-6-14)19-4-3-13-21(19)25(23,24)18-11-9-17(10-12-18)20-15(2)22/h5-12,19H,3-4,13H2,1-2H3,(H,20,22). The van der Waals surface area contributed by atoms with Crippen molar-refractivity contribution in [3.05, 3.63) is 59.7 Å². The Labute approximate surface area is 148 Å². The largest absolute Gasteiger partial charge is 0.326 e. The maximum absolute atomic E-state index is 13.1. The Bertz CT molecular complexity index is 859. The van der Waals surface area contributed by atoms with Crippen molar-refractivity contribution in [3.8, 4) is 0 Å². The van der Waals surface area contributed by atoms with E-state index >= 15 is 0 Å². The van der Waals surface area contributed by atoms with Gasteiger partial charge in [-0.3, -0.25) is 4.79 Å². The third-order valence-electron chi connectivity index (χ3n) is 4.45. The Morgan fingerprint density at radius 3 is 2.32 bits per heavy atom. The molecular weight excluding hydrogens is 336 g/mol. The van der Waals surface area contributed by atoms with Crippen LogP contribution in [0.4, 0.5) is 5.69 Å². The number of rotatable bonds is 4. The third-order valence-corrected chi connectivity index (χ3v) is 6.37. The number of benzene rings is 2. The zero-order chi connectivity index (χ0) is 18.0. The summed E-state index contributed by atoms with van der Waals surface area (Å²) in [6.07, 6.45) is 1.67. The van der Waals surface area contributed by atoms with Gasteiger partial charge in [0.2, 0.25) is 15.9 Å². The molecule has 1 aliphatic heterocycles. The Morgan fingerprint density at radius 2 is 1.72 bits per heavy atom. The molecule has 132 valence electrons. The summed E-state index contributed by atoms with van der Waals surface area (Å²) in [7, 11) is -3.57. The van der Waals surface area contributed by atoms with E-state index in [1.807, 2.05) is 31.2 Å². The lowest BCUT2D eigenvalue weighted by Crippen LogP contribution is -2.30. The number of nitrogens with zero attached hydrogens (tertiary/aromatic N) is 1. The molecule has 1 fully saturated rings. The molecule has 1 amide bonds. The zero-order valence-electron chi connectivity index (χ0n) is 14.4. The number of carbonyl (C=O) groups excluding carboxylic acids is 1. The van der Waals surface area contributed by atoms with E-state index in [2.05, 4.69) is 5.32 Å². The van der Waals surface area contributed by atoms with Crippen LogP contribution in [0.2, 0.25) is 0 Å². The Hall–Kier alpha value is -2.18. The highest BCUT2D eigenvalue weighted by Crippen LogP contribution is 2.36. The van der Waals surface area contributed by atoms with Crippen molar-refractivity contribution in [2.75, 3.05) is 11.9 Å². The number of nitrogens with one attached hydrogen (secondary N) is 1. The van der Waals surface area contributed by atoms with Gasteiger partial charge in [0.15, 0.2) is 0 Å². The molecule has 1 unspecified atom stereocenters. The molecule has 1 heterocycles. The van der Waals surface area contributed by atoms with Crippen LogP contribution in [-0.2, 0) is 14.8 Å². The summed E-state index contributed by atoms with van der Waals surface area (Å²) in [4.78, 5) is 11.3. The second-order valence-electron chi connectivity index (χ2n) is 6.39. The topological polar surface area (TPSA) is 66.5 Å². The van der Waals surface area contributed by atoms with Crippen molar-refractivity contribution in [3.63, 3.8) is 0 Å². The van der Waals surface area contributed by atoms with Crippen LogP contribution in [0.5, 0.6) is 0 Å². The Morgan fingerprint density at radius 1 is 1.08 bits per heavy atom. The number of anilines is 1. The van der Waals surface area contributed by atoms with E-state index in [0.717, 1.165) is 24.0 Å². The van der Waals surface area contributed by atoms with Crippen LogP contribution in [0, 0.1) is 6.92 Å². The highest BCUT2D eigenvalue weighted by atomic mass is 32.2. The number of hydrogen-bond donors (Lipinski definition) is 1. The van der Waals surface area contributed by atoms with Crippen molar-refractivity contribution in [1.82, 2.24) is 4.31 Å². The van der Waals surface area contributed by atoms with Crippen LogP contribution in [0.1, 0.15) is 36.9 Å². The van der Waals surface area contributed by atoms with Gasteiger partial charge < -0.3 is 5.32 Å². The summed E-state index contributed by atoms with van der Waals surface area (Å²) in [6, 6.07) is 14.2. The quantitative estimate of drug-likeness (QED) is 0.910. The van der Waals surface area contributed by atoms with Gasteiger partial charge in [0.25, 0.3) is 0 Å². The highest BCUT2D eigenvalue weighted by Gasteiger charge is 2.36. The Kier molecular flexibility index (Phi) is 4.92. The van der Waals surface area contributed by atoms with Crippen LogP contribution in [0.15, 0.2) is 53.4 Å². The average molecular weight is 358 g/mol. The normalized spacial score (nSPS) is 18.2. The van der Waals surface area contributed by atoms with Gasteiger partial charge in [0.05, 0.1) is 10.9 Å². The first kappa shape index (κ1) is 17.6. The first-order chi connectivity index (χ1) is 11.9. The molecule has 1 N–H and O–H groups in total. The molecule has 1 atom stereocenters. The third kappa shape index (κ3) is 3.75. The van der Waals surface area contributed by atoms with Crippen molar-refractivity contribution in [1.29, 1.82) is 0 Å². The molecule has 2 aromatic carbocycles. The number of carbonyl (C=O) groups is 1. The van der Waals surface area contributed by atoms with Gasteiger partial charge in [-0.1, -0.05) is 29.8 Å². The van der Waals surface area contributed by atoms with Gasteiger partial charge in [-0.2, -0.15) is 4.31 Å². The number of sulfonamides is 1. The van der Waals surface area contributed by atoms with Crippen LogP contribution in [-0.4, -0.2) is 25.2 Å². The minimum Gasteiger partial charge on any atom is -0.326 e. The summed E-state index contributed by atoms with van der Waals surface area (Å²) in [5, 5.41) is 2.65. The average Bonchev–Trinajstić information content (AvgIpc) is 3.06. The molecule has 0 spiro atoms. The first-order valence-electron chi connectivity index (χ1n) is 8.34. The minimum absolute atomic E-state index is 0.124. The van der Waals surface area contributed by atoms with Crippen LogP contribution in [0.25, 0.3) is 0 Å². The fourth-order valence-electron chi connectivity index (χ4n) is 3.20. The second-order valence-corrected chi connectivity index (χ2v) is 8.28. The van der Waals surface area contributed by atoms with Crippen LogP contribution >= 0.6 is 0 Å². The number of aryl methyl sites for hydroxylation is 1. The molecule has 2 aromatic rings. The maximum Gasteiger partial charge on any atom is 0.243 e. The summed E-state index contributed by atoms with van der Waals surface area (Å²) in [6.45, 7) is 3.96. The van der Waals surface area contributed by atoms with E-state index in [-0.39, 0.29) is 16.8 Å². The summed E-state index contributed by atoms with van der Waals surface area (Å²) in [5.41, 5.74) is 2.77. The molecular formula is C19H22N2O3S. The lowest BCUT2D eigenvalue weighted by molar-refractivity contribution is -0.114. The molecule has 0 radical (unpaired) electrons. The molecule has 0 saturated carbocycles. The minimum atomic E-state index is -3.57. The maximum atomic E-state index is 13.1. The fraction of sp³-hybridized carbons (Fsp3) is 0.316. The lowest BCUT2D eigenvalue weighted by Gasteiger charge is -2.24. The molecule has 5 nitrogen and oxygen atoms in total. The molecule has 6 heteroatoms. The van der Waals surface area contributed by atoms with Crippen LogP contribution < -0.4 is 5.32 Å². The molecule has 1 aliphatic rings. The van der Waals surface area contributed by atoms with E-state index < -0.39 is 10.0 Å². The summed E-state index contributed by atoms with van der Waals surface area (Å²) in [5.74, 6) is -0.186. The highest BCUT2D eigenvalue weighted by molar-refractivity contribution is 7.89. The van der Waals surface area contributed by atoms with Gasteiger partial charge in [-0.15, -0.1) is 0 Å². The van der Waals surface area contributed by atoms with Gasteiger partial charge >= 0.3 is 0 Å². The van der Waals surface area contributed by atoms with Gasteiger partial charge in [-0.05, 0) is 49.6 Å². The van der Waals surface area contributed by atoms with E-state index in [0.29, 0.717) is 12.2 Å². The van der Waals surface area contributed by atoms with Gasteiger partial charge in [0.1, 0.15) is 0 Å². The first-order valence-corrected chi connectivity index (χ1v) is 9.78. The van der Waals surface area contributed by atoms with E-state index in [4.69, 9.17) is 0 Å². The molecule has 3 rings (SSSR count). The SMILES string of the molecule is CC(=O)Nc1ccc(S(=O)(=O)N2CCCC2c2ccc(C)cc2)cc1. The molecule has 0 aromatic heterocycles. The molecule has 0 bridgehead atoms. The van der Waals surface area contributed by atoms with Crippen molar-refractivity contribution < 1.29 is 13.2 Å². The summed E-state index contributed by atoms with van der Waals surface area (Å²) < 4.78 is 27.7. The van der Waals surface area contributed by atoms with Crippen LogP contribution in [0.3, 0.4) is 0 Å². The zero-order valence-corrected chi connectivity index (χ0v) is 15.2. The van der Waals surface area contributed by atoms with Crippen molar-refractivity contribution in [2.24, 2.45) is 0 Å². The number of hydrogen-bond acceptors (Lipinski definition) is 3. The predicted molar refractivity (Wildman–Crippen MR) is 97.8 cm³/mol. The smallest absolute Gasteiger partial charge is 0.243 e. The van der Waals surface area contributed by atoms with Gasteiger partial charge in [-0.25, -0.2) is 8.42 Å². The fourth-order valence-corrected chi connectivity index (χ4v) is 4.88. The van der Waals surface area contributed by atoms with Crippen molar-refractivity contribution in [2.45, 2.75) is 37.6 Å². The van der Waals surface area contributed by atoms with Gasteiger partial charge in [0, 0.05) is 19.2 Å². The lowest BCUT2D eigenvalue weighted by atomic mass is 10.0. The number of amides is 1. The molecule has 1 saturated heterocycles. The monoisotopic (exact) mass is 358 g/mol. The Balaban J connectivity index is 1.87. The molecule has 25 heavy (non-hydrogen) atoms. The van der Waals surface area contributed by atoms with Crippen molar-refractivity contribution >= 4 is 21.6 Å². The second kappa shape index (κ2) is 6.98.